The number of carbonyl (C=O) groups is 2. The molecule has 0 saturated carbocycles. The lowest BCUT2D eigenvalue weighted by Crippen LogP contribution is -2.22. The molecule has 2 amide bonds. The van der Waals surface area contributed by atoms with Crippen LogP contribution in [-0.2, 0) is 9.59 Å². The van der Waals surface area contributed by atoms with E-state index in [4.69, 9.17) is 0 Å². The number of nitrogens with one attached hydrogen (secondary N) is 1. The van der Waals surface area contributed by atoms with Crippen LogP contribution >= 0.6 is 15.9 Å². The minimum absolute atomic E-state index is 0.0535. The van der Waals surface area contributed by atoms with E-state index in [0.29, 0.717) is 16.6 Å². The number of rotatable bonds is 2. The van der Waals surface area contributed by atoms with E-state index in [1.54, 1.807) is 6.07 Å². The van der Waals surface area contributed by atoms with Crippen LogP contribution in [-0.4, -0.2) is 23.8 Å². The van der Waals surface area contributed by atoms with Crippen molar-refractivity contribution in [2.24, 2.45) is 0 Å². The third-order valence-electron chi connectivity index (χ3n) is 2.54. The first kappa shape index (κ1) is 12.5. The Kier molecular flexibility index (Phi) is 3.28. The molecule has 0 spiro atoms. The molecule has 0 unspecified atom stereocenters. The van der Waals surface area contributed by atoms with Crippen molar-refractivity contribution < 1.29 is 14.5 Å². The first-order valence-electron chi connectivity index (χ1n) is 5.02. The summed E-state index contributed by atoms with van der Waals surface area (Å²) in [5, 5.41) is 13.4. The molecule has 0 radical (unpaired) electrons. The highest BCUT2D eigenvalue weighted by Crippen LogP contribution is 2.39. The van der Waals surface area contributed by atoms with Crippen molar-refractivity contribution in [3.05, 3.63) is 26.7 Å². The molecule has 0 saturated heterocycles. The van der Waals surface area contributed by atoms with Gasteiger partial charge in [-0.25, -0.2) is 0 Å². The lowest BCUT2D eigenvalue weighted by Gasteiger charge is -2.16. The van der Waals surface area contributed by atoms with Crippen molar-refractivity contribution in [2.75, 3.05) is 16.8 Å². The fraction of sp³-hybridized carbons (Fsp3) is 0.200. The highest BCUT2D eigenvalue weighted by Gasteiger charge is 2.27. The van der Waals surface area contributed by atoms with Gasteiger partial charge in [0.1, 0.15) is 5.69 Å². The standard InChI is InChI=1S/C10H8BrN3O4/c11-6-3-7-10(8(4-6)14(17)18)12-9(16)1-2-13(7)5-15/h3-5H,1-2H2,(H,12,16). The summed E-state index contributed by atoms with van der Waals surface area (Å²) in [4.78, 5) is 34.1. The van der Waals surface area contributed by atoms with Gasteiger partial charge in [-0.05, 0) is 6.07 Å². The fourth-order valence-electron chi connectivity index (χ4n) is 1.73. The molecule has 2 rings (SSSR count). The Morgan fingerprint density at radius 2 is 2.22 bits per heavy atom. The van der Waals surface area contributed by atoms with Crippen LogP contribution in [0.2, 0.25) is 0 Å². The monoisotopic (exact) mass is 313 g/mol. The number of benzene rings is 1. The Morgan fingerprint density at radius 1 is 1.50 bits per heavy atom. The van der Waals surface area contributed by atoms with Crippen LogP contribution in [0.4, 0.5) is 17.1 Å². The first-order valence-corrected chi connectivity index (χ1v) is 5.82. The zero-order valence-corrected chi connectivity index (χ0v) is 10.6. The molecule has 0 aromatic heterocycles. The van der Waals surface area contributed by atoms with Gasteiger partial charge >= 0.3 is 0 Å². The second-order valence-electron chi connectivity index (χ2n) is 3.67. The van der Waals surface area contributed by atoms with Gasteiger partial charge in [0.25, 0.3) is 5.69 Å². The predicted octanol–water partition coefficient (Wildman–Crippen LogP) is 1.66. The fourth-order valence-corrected chi connectivity index (χ4v) is 2.16. The third kappa shape index (κ3) is 2.19. The molecule has 1 aliphatic rings. The van der Waals surface area contributed by atoms with Crippen LogP contribution in [0.3, 0.4) is 0 Å². The molecule has 94 valence electrons. The number of nitro benzene ring substituents is 1. The number of carbonyl (C=O) groups excluding carboxylic acids is 2. The Morgan fingerprint density at radius 3 is 2.83 bits per heavy atom. The second kappa shape index (κ2) is 4.73. The van der Waals surface area contributed by atoms with Gasteiger partial charge in [0.15, 0.2) is 0 Å². The van der Waals surface area contributed by atoms with Crippen LogP contribution < -0.4 is 10.2 Å². The molecule has 0 bridgehead atoms. The number of hydrogen-bond acceptors (Lipinski definition) is 4. The molecule has 8 heteroatoms. The molecular formula is C10H8BrN3O4. The lowest BCUT2D eigenvalue weighted by atomic mass is 10.2. The lowest BCUT2D eigenvalue weighted by molar-refractivity contribution is -0.383. The molecule has 1 aromatic rings. The Bertz CT molecular complexity index is 546. The summed E-state index contributed by atoms with van der Waals surface area (Å²) in [6.07, 6.45) is 0.650. The molecule has 1 aromatic carbocycles. The summed E-state index contributed by atoms with van der Waals surface area (Å²) < 4.78 is 0.468. The molecule has 1 heterocycles. The number of anilines is 2. The van der Waals surface area contributed by atoms with Gasteiger partial charge in [-0.1, -0.05) is 15.9 Å². The van der Waals surface area contributed by atoms with E-state index < -0.39 is 4.92 Å². The first-order chi connectivity index (χ1) is 8.52. The smallest absolute Gasteiger partial charge is 0.296 e. The van der Waals surface area contributed by atoms with E-state index in [0.717, 1.165) is 0 Å². The number of hydrogen-bond donors (Lipinski definition) is 1. The van der Waals surface area contributed by atoms with Crippen LogP contribution in [0.5, 0.6) is 0 Å². The molecule has 7 nitrogen and oxygen atoms in total. The van der Waals surface area contributed by atoms with Crippen LogP contribution in [0, 0.1) is 10.1 Å². The topological polar surface area (TPSA) is 92.6 Å². The molecule has 1 N–H and O–H groups in total. The predicted molar refractivity (Wildman–Crippen MR) is 67.5 cm³/mol. The van der Waals surface area contributed by atoms with E-state index in [1.807, 2.05) is 0 Å². The largest absolute Gasteiger partial charge is 0.319 e. The van der Waals surface area contributed by atoms with E-state index in [9.17, 15) is 19.7 Å². The number of nitrogens with zero attached hydrogens (tertiary/aromatic N) is 2. The van der Waals surface area contributed by atoms with E-state index in [2.05, 4.69) is 21.2 Å². The van der Waals surface area contributed by atoms with Crippen molar-refractivity contribution in [3.8, 4) is 0 Å². The summed E-state index contributed by atoms with van der Waals surface area (Å²) in [6, 6.07) is 2.84. The normalized spacial score (nSPS) is 14.5. The van der Waals surface area contributed by atoms with E-state index in [-0.39, 0.29) is 30.2 Å². The summed E-state index contributed by atoms with van der Waals surface area (Å²) >= 11 is 3.15. The number of amides is 2. The van der Waals surface area contributed by atoms with Gasteiger partial charge in [-0.2, -0.15) is 0 Å². The Balaban J connectivity index is 2.67. The maximum Gasteiger partial charge on any atom is 0.296 e. The Hall–Kier alpha value is -1.96. The van der Waals surface area contributed by atoms with Crippen LogP contribution in [0.1, 0.15) is 6.42 Å². The zero-order valence-electron chi connectivity index (χ0n) is 9.05. The maximum atomic E-state index is 11.5. The molecule has 18 heavy (non-hydrogen) atoms. The molecule has 0 fully saturated rings. The SMILES string of the molecule is O=CN1CCC(=O)Nc2c1cc(Br)cc2[N+](=O)[O-]. The molecule has 0 atom stereocenters. The summed E-state index contributed by atoms with van der Waals surface area (Å²) in [7, 11) is 0. The van der Waals surface area contributed by atoms with Crippen molar-refractivity contribution in [1.29, 1.82) is 0 Å². The van der Waals surface area contributed by atoms with Crippen LogP contribution in [0.15, 0.2) is 16.6 Å². The highest BCUT2D eigenvalue weighted by atomic mass is 79.9. The average molecular weight is 314 g/mol. The van der Waals surface area contributed by atoms with Gasteiger partial charge < -0.3 is 10.2 Å². The van der Waals surface area contributed by atoms with Gasteiger partial charge in [-0.3, -0.25) is 19.7 Å². The minimum atomic E-state index is -0.599. The third-order valence-corrected chi connectivity index (χ3v) is 3.00. The number of nitro groups is 1. The zero-order chi connectivity index (χ0) is 13.3. The second-order valence-corrected chi connectivity index (χ2v) is 4.59. The maximum absolute atomic E-state index is 11.5. The quantitative estimate of drug-likeness (QED) is 0.510. The molecule has 0 aliphatic carbocycles. The highest BCUT2D eigenvalue weighted by molar-refractivity contribution is 9.10. The summed E-state index contributed by atoms with van der Waals surface area (Å²) in [5.41, 5.74) is 0.121. The van der Waals surface area contributed by atoms with Crippen LogP contribution in [0.25, 0.3) is 0 Å². The van der Waals surface area contributed by atoms with Crippen molar-refractivity contribution in [2.45, 2.75) is 6.42 Å². The van der Waals surface area contributed by atoms with Gasteiger partial charge in [0, 0.05) is 23.5 Å². The van der Waals surface area contributed by atoms with E-state index in [1.165, 1.54) is 11.0 Å². The summed E-state index contributed by atoms with van der Waals surface area (Å²) in [6.45, 7) is 0.190. The molecule has 1 aliphatic heterocycles. The molecular weight excluding hydrogens is 306 g/mol. The van der Waals surface area contributed by atoms with Crippen molar-refractivity contribution >= 4 is 45.3 Å². The van der Waals surface area contributed by atoms with Gasteiger partial charge in [-0.15, -0.1) is 0 Å². The van der Waals surface area contributed by atoms with Crippen molar-refractivity contribution in [1.82, 2.24) is 0 Å². The number of halogens is 1. The average Bonchev–Trinajstić information content (AvgIpc) is 2.46. The summed E-state index contributed by atoms with van der Waals surface area (Å²) in [5.74, 6) is -0.356. The van der Waals surface area contributed by atoms with Gasteiger partial charge in [0.05, 0.1) is 10.6 Å². The Labute approximate surface area is 110 Å². The minimum Gasteiger partial charge on any atom is -0.319 e. The van der Waals surface area contributed by atoms with Gasteiger partial charge in [0.2, 0.25) is 12.3 Å². The van der Waals surface area contributed by atoms with Crippen molar-refractivity contribution in [3.63, 3.8) is 0 Å². The number of fused-ring (bicyclic) bond motifs is 1. The van der Waals surface area contributed by atoms with E-state index >= 15 is 0 Å².